The Balaban J connectivity index is 3.20. The number of halogens is 1. The number of pyridine rings is 1. The average molecular weight is 191 g/mol. The molecule has 0 aliphatic rings. The van der Waals surface area contributed by atoms with Gasteiger partial charge in [-0.15, -0.1) is 0 Å². The van der Waals surface area contributed by atoms with E-state index >= 15 is 0 Å². The number of ether oxygens (including phenoxy) is 1. The Kier molecular flexibility index (Phi) is 2.27. The molecule has 1 aromatic rings. The Bertz CT molecular complexity index is 376. The lowest BCUT2D eigenvalue weighted by atomic mass is 10.5. The molecule has 0 fully saturated rings. The van der Waals surface area contributed by atoms with E-state index in [0.717, 1.165) is 12.3 Å². The Morgan fingerprint density at radius 1 is 1.58 bits per heavy atom. The summed E-state index contributed by atoms with van der Waals surface area (Å²) in [6.07, 6.45) is 1.16. The van der Waals surface area contributed by atoms with Crippen LogP contribution in [-0.4, -0.2) is 20.5 Å². The van der Waals surface area contributed by atoms with Crippen molar-refractivity contribution in [1.82, 2.24) is 4.98 Å². The van der Waals surface area contributed by atoms with Crippen LogP contribution in [0.15, 0.2) is 23.4 Å². The molecule has 0 unspecified atom stereocenters. The van der Waals surface area contributed by atoms with Crippen molar-refractivity contribution < 1.29 is 17.0 Å². The summed E-state index contributed by atoms with van der Waals surface area (Å²) in [6, 6.07) is 2.43. The van der Waals surface area contributed by atoms with Crippen molar-refractivity contribution in [2.75, 3.05) is 7.11 Å². The van der Waals surface area contributed by atoms with Gasteiger partial charge < -0.3 is 4.74 Å². The first-order valence-corrected chi connectivity index (χ1v) is 4.37. The smallest absolute Gasteiger partial charge is 0.349 e. The van der Waals surface area contributed by atoms with Crippen LogP contribution in [0.1, 0.15) is 0 Å². The second kappa shape index (κ2) is 3.06. The topological polar surface area (TPSA) is 56.3 Å². The zero-order chi connectivity index (χ0) is 9.19. The van der Waals surface area contributed by atoms with Crippen LogP contribution < -0.4 is 4.74 Å². The molecule has 0 saturated carbocycles. The maximum absolute atomic E-state index is 12.3. The fraction of sp³-hybridized carbons (Fsp3) is 0.167. The zero-order valence-corrected chi connectivity index (χ0v) is 7.01. The molecule has 0 saturated heterocycles. The molecule has 0 bridgehead atoms. The van der Waals surface area contributed by atoms with Crippen molar-refractivity contribution in [1.29, 1.82) is 0 Å². The van der Waals surface area contributed by atoms with Gasteiger partial charge in [-0.3, -0.25) is 0 Å². The average Bonchev–Trinajstić information content (AvgIpc) is 2.03. The molecule has 0 aliphatic carbocycles. The third kappa shape index (κ3) is 1.91. The number of hydrogen-bond acceptors (Lipinski definition) is 4. The monoisotopic (exact) mass is 191 g/mol. The van der Waals surface area contributed by atoms with Crippen molar-refractivity contribution in [2.24, 2.45) is 0 Å². The third-order valence-electron chi connectivity index (χ3n) is 1.19. The van der Waals surface area contributed by atoms with Crippen molar-refractivity contribution in [3.05, 3.63) is 18.3 Å². The molecule has 0 radical (unpaired) electrons. The van der Waals surface area contributed by atoms with E-state index in [-0.39, 0.29) is 5.75 Å². The molecule has 6 heteroatoms. The largest absolute Gasteiger partial charge is 0.497 e. The van der Waals surface area contributed by atoms with E-state index < -0.39 is 15.2 Å². The van der Waals surface area contributed by atoms with Crippen LogP contribution in [0.25, 0.3) is 0 Å². The zero-order valence-electron chi connectivity index (χ0n) is 6.19. The summed E-state index contributed by atoms with van der Waals surface area (Å²) in [5, 5.41) is -0.637. The first-order valence-electron chi connectivity index (χ1n) is 2.99. The van der Waals surface area contributed by atoms with Gasteiger partial charge in [0.15, 0.2) is 5.03 Å². The Morgan fingerprint density at radius 2 is 2.25 bits per heavy atom. The molecule has 0 aliphatic heterocycles. The summed E-state index contributed by atoms with van der Waals surface area (Å²) in [6.45, 7) is 0. The van der Waals surface area contributed by atoms with Crippen LogP contribution in [0.5, 0.6) is 5.75 Å². The standard InChI is InChI=1S/C6H6FNO3S/c1-11-5-2-3-8-6(4-5)12(7,9)10/h2-4H,1H3. The van der Waals surface area contributed by atoms with Crippen molar-refractivity contribution >= 4 is 10.2 Å². The van der Waals surface area contributed by atoms with E-state index in [1.807, 2.05) is 0 Å². The van der Waals surface area contributed by atoms with E-state index in [2.05, 4.69) is 9.72 Å². The van der Waals surface area contributed by atoms with Gasteiger partial charge in [0.1, 0.15) is 5.75 Å². The highest BCUT2D eigenvalue weighted by molar-refractivity contribution is 7.86. The van der Waals surface area contributed by atoms with Crippen LogP contribution in [0, 0.1) is 0 Å². The second-order valence-electron chi connectivity index (χ2n) is 1.97. The summed E-state index contributed by atoms with van der Waals surface area (Å²) >= 11 is 0. The number of methoxy groups -OCH3 is 1. The molecule has 0 N–H and O–H groups in total. The first kappa shape index (κ1) is 8.92. The van der Waals surface area contributed by atoms with E-state index in [1.54, 1.807) is 0 Å². The van der Waals surface area contributed by atoms with Gasteiger partial charge in [0.2, 0.25) is 0 Å². The lowest BCUT2D eigenvalue weighted by Gasteiger charge is -1.98. The predicted molar refractivity (Wildman–Crippen MR) is 39.1 cm³/mol. The molecule has 0 atom stereocenters. The SMILES string of the molecule is COc1ccnc(S(=O)(=O)F)c1. The molecule has 1 heterocycles. The maximum Gasteiger partial charge on any atom is 0.349 e. The van der Waals surface area contributed by atoms with Gasteiger partial charge in [0, 0.05) is 12.3 Å². The van der Waals surface area contributed by atoms with Crippen LogP contribution >= 0.6 is 0 Å². The molecule has 66 valence electrons. The molecule has 12 heavy (non-hydrogen) atoms. The minimum absolute atomic E-state index is 0.251. The number of rotatable bonds is 2. The van der Waals surface area contributed by atoms with Crippen LogP contribution in [-0.2, 0) is 10.2 Å². The number of nitrogens with zero attached hydrogens (tertiary/aromatic N) is 1. The summed E-state index contributed by atoms with van der Waals surface area (Å²) in [7, 11) is -3.38. The normalized spacial score (nSPS) is 11.2. The van der Waals surface area contributed by atoms with Gasteiger partial charge >= 0.3 is 10.2 Å². The molecule has 0 aromatic carbocycles. The minimum Gasteiger partial charge on any atom is -0.497 e. The lowest BCUT2D eigenvalue weighted by Crippen LogP contribution is -1.96. The van der Waals surface area contributed by atoms with Crippen molar-refractivity contribution in [3.8, 4) is 5.75 Å². The van der Waals surface area contributed by atoms with E-state index in [1.165, 1.54) is 13.2 Å². The molecule has 0 spiro atoms. The lowest BCUT2D eigenvalue weighted by molar-refractivity contribution is 0.412. The summed E-state index contributed by atoms with van der Waals surface area (Å²) in [5.74, 6) is 0.251. The highest BCUT2D eigenvalue weighted by Crippen LogP contribution is 2.15. The third-order valence-corrected chi connectivity index (χ3v) is 1.91. The molecule has 1 aromatic heterocycles. The summed E-state index contributed by atoms with van der Waals surface area (Å²) in [5.41, 5.74) is 0. The number of aromatic nitrogens is 1. The highest BCUT2D eigenvalue weighted by Gasteiger charge is 2.13. The quantitative estimate of drug-likeness (QED) is 0.647. The van der Waals surface area contributed by atoms with Crippen LogP contribution in [0.4, 0.5) is 3.89 Å². The van der Waals surface area contributed by atoms with Crippen LogP contribution in [0.2, 0.25) is 0 Å². The van der Waals surface area contributed by atoms with Gasteiger partial charge in [-0.25, -0.2) is 4.98 Å². The fourth-order valence-corrected chi connectivity index (χ4v) is 1.10. The van der Waals surface area contributed by atoms with Gasteiger partial charge in [-0.1, -0.05) is 3.89 Å². The second-order valence-corrected chi connectivity index (χ2v) is 3.27. The molecule has 1 rings (SSSR count). The summed E-state index contributed by atoms with van der Waals surface area (Å²) in [4.78, 5) is 3.32. The van der Waals surface area contributed by atoms with E-state index in [4.69, 9.17) is 0 Å². The van der Waals surface area contributed by atoms with Crippen LogP contribution in [0.3, 0.4) is 0 Å². The number of hydrogen-bond donors (Lipinski definition) is 0. The predicted octanol–water partition coefficient (Wildman–Crippen LogP) is 0.748. The Morgan fingerprint density at radius 3 is 2.75 bits per heavy atom. The van der Waals surface area contributed by atoms with Gasteiger partial charge in [-0.05, 0) is 6.07 Å². The molecular weight excluding hydrogens is 185 g/mol. The minimum atomic E-state index is -4.73. The molecular formula is C6H6FNO3S. The Hall–Kier alpha value is -1.17. The summed E-state index contributed by atoms with van der Waals surface area (Å²) < 4.78 is 37.6. The van der Waals surface area contributed by atoms with Gasteiger partial charge in [0.05, 0.1) is 7.11 Å². The van der Waals surface area contributed by atoms with Gasteiger partial charge in [0.25, 0.3) is 0 Å². The first-order chi connectivity index (χ1) is 5.54. The van der Waals surface area contributed by atoms with Crippen molar-refractivity contribution in [2.45, 2.75) is 5.03 Å². The van der Waals surface area contributed by atoms with Gasteiger partial charge in [-0.2, -0.15) is 8.42 Å². The van der Waals surface area contributed by atoms with E-state index in [0.29, 0.717) is 0 Å². The van der Waals surface area contributed by atoms with E-state index in [9.17, 15) is 12.3 Å². The Labute approximate surface area is 69.2 Å². The molecule has 0 amide bonds. The van der Waals surface area contributed by atoms with Crippen molar-refractivity contribution in [3.63, 3.8) is 0 Å². The highest BCUT2D eigenvalue weighted by atomic mass is 32.3. The molecule has 4 nitrogen and oxygen atoms in total. The fourth-order valence-electron chi connectivity index (χ4n) is 0.652. The maximum atomic E-state index is 12.3.